The third kappa shape index (κ3) is 4.17. The van der Waals surface area contributed by atoms with Crippen molar-refractivity contribution in [2.75, 3.05) is 13.7 Å². The lowest BCUT2D eigenvalue weighted by molar-refractivity contribution is 0.0276. The maximum atomic E-state index is 12.1. The van der Waals surface area contributed by atoms with Crippen molar-refractivity contribution in [1.29, 1.82) is 0 Å². The van der Waals surface area contributed by atoms with Gasteiger partial charge in [-0.1, -0.05) is 11.6 Å². The Hall–Kier alpha value is -1.15. The SMILES string of the molecule is COC(C)(C)CNS(=O)(=O)c1ccc(Cl)c(C(=O)O)c1. The second-order valence-electron chi connectivity index (χ2n) is 4.74. The second-order valence-corrected chi connectivity index (χ2v) is 6.91. The van der Waals surface area contributed by atoms with Crippen LogP contribution < -0.4 is 4.72 Å². The fourth-order valence-electron chi connectivity index (χ4n) is 1.26. The van der Waals surface area contributed by atoms with Gasteiger partial charge in [-0.05, 0) is 32.0 Å². The number of hydrogen-bond acceptors (Lipinski definition) is 4. The number of sulfonamides is 1. The van der Waals surface area contributed by atoms with Crippen molar-refractivity contribution in [2.45, 2.75) is 24.3 Å². The van der Waals surface area contributed by atoms with E-state index in [2.05, 4.69) is 4.72 Å². The number of ether oxygens (including phenoxy) is 1. The Kier molecular flexibility index (Phi) is 5.15. The van der Waals surface area contributed by atoms with Crippen LogP contribution in [0, 0.1) is 0 Å². The van der Waals surface area contributed by atoms with E-state index in [-0.39, 0.29) is 22.0 Å². The van der Waals surface area contributed by atoms with Gasteiger partial charge in [-0.3, -0.25) is 0 Å². The zero-order valence-electron chi connectivity index (χ0n) is 11.3. The van der Waals surface area contributed by atoms with Gasteiger partial charge in [0.2, 0.25) is 10.0 Å². The average Bonchev–Trinajstić information content (AvgIpc) is 2.36. The summed E-state index contributed by atoms with van der Waals surface area (Å²) < 4.78 is 31.6. The van der Waals surface area contributed by atoms with E-state index in [0.29, 0.717) is 0 Å². The molecule has 1 aromatic rings. The van der Waals surface area contributed by atoms with Crippen LogP contribution in [0.1, 0.15) is 24.2 Å². The van der Waals surface area contributed by atoms with Crippen LogP contribution in [0.25, 0.3) is 0 Å². The molecule has 0 unspecified atom stereocenters. The topological polar surface area (TPSA) is 92.7 Å². The number of carboxylic acid groups (broad SMARTS) is 1. The molecule has 1 aromatic carbocycles. The van der Waals surface area contributed by atoms with E-state index in [9.17, 15) is 13.2 Å². The summed E-state index contributed by atoms with van der Waals surface area (Å²) in [5.74, 6) is -1.29. The molecule has 0 bridgehead atoms. The smallest absolute Gasteiger partial charge is 0.337 e. The lowest BCUT2D eigenvalue weighted by Gasteiger charge is -2.23. The van der Waals surface area contributed by atoms with E-state index in [4.69, 9.17) is 21.4 Å². The highest BCUT2D eigenvalue weighted by atomic mass is 35.5. The highest BCUT2D eigenvalue weighted by Crippen LogP contribution is 2.20. The largest absolute Gasteiger partial charge is 0.478 e. The molecule has 0 fully saturated rings. The molecule has 8 heteroatoms. The Morgan fingerprint density at radius 1 is 1.45 bits per heavy atom. The monoisotopic (exact) mass is 321 g/mol. The Balaban J connectivity index is 3.05. The molecular formula is C12H16ClNO5S. The molecule has 0 aliphatic heterocycles. The zero-order chi connectivity index (χ0) is 15.6. The minimum Gasteiger partial charge on any atom is -0.478 e. The van der Waals surface area contributed by atoms with Crippen molar-refractivity contribution in [3.05, 3.63) is 28.8 Å². The van der Waals surface area contributed by atoms with Crippen LogP contribution >= 0.6 is 11.6 Å². The van der Waals surface area contributed by atoms with Crippen LogP contribution in [0.4, 0.5) is 0 Å². The van der Waals surface area contributed by atoms with Crippen molar-refractivity contribution in [3.8, 4) is 0 Å². The number of carbonyl (C=O) groups is 1. The minimum absolute atomic E-state index is 0.0197. The maximum Gasteiger partial charge on any atom is 0.337 e. The van der Waals surface area contributed by atoms with Gasteiger partial charge in [0.1, 0.15) is 0 Å². The van der Waals surface area contributed by atoms with E-state index >= 15 is 0 Å². The summed E-state index contributed by atoms with van der Waals surface area (Å²) in [6.45, 7) is 3.50. The molecule has 20 heavy (non-hydrogen) atoms. The molecule has 0 heterocycles. The number of aromatic carboxylic acids is 1. The number of nitrogens with one attached hydrogen (secondary N) is 1. The third-order valence-corrected chi connectivity index (χ3v) is 4.45. The Labute approximate surface area is 122 Å². The molecule has 0 aromatic heterocycles. The predicted molar refractivity (Wildman–Crippen MR) is 74.7 cm³/mol. The van der Waals surface area contributed by atoms with E-state index < -0.39 is 21.6 Å². The normalized spacial score (nSPS) is 12.4. The first-order valence-corrected chi connectivity index (χ1v) is 7.53. The van der Waals surface area contributed by atoms with Gasteiger partial charge in [0.05, 0.1) is 21.1 Å². The standard InChI is InChI=1S/C12H16ClNO5S/c1-12(2,19-3)7-14-20(17,18)8-4-5-10(13)9(6-8)11(15)16/h4-6,14H,7H2,1-3H3,(H,15,16). The molecule has 1 rings (SSSR count). The first-order chi connectivity index (χ1) is 9.09. The summed E-state index contributed by atoms with van der Waals surface area (Å²) in [6, 6.07) is 3.50. The molecule has 0 saturated heterocycles. The number of benzene rings is 1. The summed E-state index contributed by atoms with van der Waals surface area (Å²) in [5.41, 5.74) is -0.935. The van der Waals surface area contributed by atoms with Crippen molar-refractivity contribution in [3.63, 3.8) is 0 Å². The number of halogens is 1. The summed E-state index contributed by atoms with van der Waals surface area (Å²) in [5, 5.41) is 8.91. The van der Waals surface area contributed by atoms with Gasteiger partial charge in [0.15, 0.2) is 0 Å². The highest BCUT2D eigenvalue weighted by Gasteiger charge is 2.23. The zero-order valence-corrected chi connectivity index (χ0v) is 12.9. The first-order valence-electron chi connectivity index (χ1n) is 5.67. The van der Waals surface area contributed by atoms with Gasteiger partial charge < -0.3 is 9.84 Å². The second kappa shape index (κ2) is 6.09. The Morgan fingerprint density at radius 2 is 2.05 bits per heavy atom. The molecule has 112 valence electrons. The number of carboxylic acids is 1. The summed E-state index contributed by atoms with van der Waals surface area (Å²) in [4.78, 5) is 10.8. The third-order valence-electron chi connectivity index (χ3n) is 2.72. The average molecular weight is 322 g/mol. The van der Waals surface area contributed by atoms with E-state index in [1.54, 1.807) is 13.8 Å². The van der Waals surface area contributed by atoms with E-state index in [0.717, 1.165) is 6.07 Å². The van der Waals surface area contributed by atoms with Crippen molar-refractivity contribution in [2.24, 2.45) is 0 Å². The van der Waals surface area contributed by atoms with Gasteiger partial charge >= 0.3 is 5.97 Å². The van der Waals surface area contributed by atoms with Gasteiger partial charge in [-0.15, -0.1) is 0 Å². The number of hydrogen-bond donors (Lipinski definition) is 2. The number of rotatable bonds is 6. The quantitative estimate of drug-likeness (QED) is 0.832. The summed E-state index contributed by atoms with van der Waals surface area (Å²) >= 11 is 5.70. The van der Waals surface area contributed by atoms with Gasteiger partial charge in [0.25, 0.3) is 0 Å². The molecule has 2 N–H and O–H groups in total. The van der Waals surface area contributed by atoms with Crippen LogP contribution in [0.2, 0.25) is 5.02 Å². The van der Waals surface area contributed by atoms with Crippen molar-refractivity contribution < 1.29 is 23.1 Å². The van der Waals surface area contributed by atoms with Crippen molar-refractivity contribution in [1.82, 2.24) is 4.72 Å². The minimum atomic E-state index is -3.83. The first kappa shape index (κ1) is 16.9. The lowest BCUT2D eigenvalue weighted by atomic mass is 10.1. The van der Waals surface area contributed by atoms with Crippen LogP contribution in [-0.4, -0.2) is 38.7 Å². The van der Waals surface area contributed by atoms with Gasteiger partial charge in [-0.2, -0.15) is 0 Å². The Morgan fingerprint density at radius 3 is 2.55 bits per heavy atom. The molecule has 0 saturated carbocycles. The van der Waals surface area contributed by atoms with Gasteiger partial charge in [0, 0.05) is 13.7 Å². The van der Waals surface area contributed by atoms with Crippen LogP contribution in [-0.2, 0) is 14.8 Å². The molecule has 0 radical (unpaired) electrons. The van der Waals surface area contributed by atoms with Crippen LogP contribution in [0.15, 0.2) is 23.1 Å². The van der Waals surface area contributed by atoms with Crippen LogP contribution in [0.3, 0.4) is 0 Å². The molecule has 0 aliphatic rings. The predicted octanol–water partition coefficient (Wildman–Crippen LogP) is 1.74. The number of methoxy groups -OCH3 is 1. The molecule has 0 aliphatic carbocycles. The maximum absolute atomic E-state index is 12.1. The molecule has 0 spiro atoms. The molecule has 6 nitrogen and oxygen atoms in total. The van der Waals surface area contributed by atoms with E-state index in [1.807, 2.05) is 0 Å². The summed E-state index contributed by atoms with van der Waals surface area (Å²) in [7, 11) is -2.36. The summed E-state index contributed by atoms with van der Waals surface area (Å²) in [6.07, 6.45) is 0. The fraction of sp³-hybridized carbons (Fsp3) is 0.417. The fourth-order valence-corrected chi connectivity index (χ4v) is 2.68. The molecule has 0 atom stereocenters. The lowest BCUT2D eigenvalue weighted by Crippen LogP contribution is -2.39. The Bertz CT molecular complexity index is 612. The molecular weight excluding hydrogens is 306 g/mol. The van der Waals surface area contributed by atoms with E-state index in [1.165, 1.54) is 19.2 Å². The highest BCUT2D eigenvalue weighted by molar-refractivity contribution is 7.89. The molecule has 0 amide bonds. The van der Waals surface area contributed by atoms with Gasteiger partial charge in [-0.25, -0.2) is 17.9 Å². The van der Waals surface area contributed by atoms with Crippen molar-refractivity contribution >= 4 is 27.6 Å². The van der Waals surface area contributed by atoms with Crippen LogP contribution in [0.5, 0.6) is 0 Å².